The van der Waals surface area contributed by atoms with Crippen molar-refractivity contribution >= 4 is 92.7 Å². The number of hydrogen-bond acceptors (Lipinski definition) is 22. The summed E-state index contributed by atoms with van der Waals surface area (Å²) in [4.78, 5) is 46.6. The molecule has 12 heterocycles. The van der Waals surface area contributed by atoms with Crippen molar-refractivity contribution < 1.29 is 75.8 Å². The van der Waals surface area contributed by atoms with Crippen LogP contribution < -0.4 is 18.9 Å². The molecular formula is C106H104N10O16. The lowest BCUT2D eigenvalue weighted by Gasteiger charge is -2.10. The Morgan fingerprint density at radius 3 is 0.689 bits per heavy atom. The lowest BCUT2D eigenvalue weighted by molar-refractivity contribution is 0.0180. The second-order valence-corrected chi connectivity index (χ2v) is 30.4. The molecule has 0 atom stereocenters. The molecule has 16 rings (SSSR count). The molecule has 0 amide bonds. The fourth-order valence-electron chi connectivity index (χ4n) is 15.4. The highest BCUT2D eigenvalue weighted by Gasteiger charge is 2.23. The number of nitrogens with zero attached hydrogens (tertiary/aromatic N) is 6. The predicted molar refractivity (Wildman–Crippen MR) is 516 cm³/mol. The van der Waals surface area contributed by atoms with E-state index >= 15 is 0 Å². The topological polar surface area (TPSA) is 288 Å². The monoisotopic (exact) mass is 1770 g/mol. The molecule has 132 heavy (non-hydrogen) atoms. The third-order valence-corrected chi connectivity index (χ3v) is 21.6. The van der Waals surface area contributed by atoms with Crippen LogP contribution in [0, 0.1) is 23.7 Å². The zero-order valence-corrected chi connectivity index (χ0v) is 74.3. The Hall–Kier alpha value is -13.8. The van der Waals surface area contributed by atoms with Crippen molar-refractivity contribution in [3.63, 3.8) is 0 Å². The molecule has 0 fully saturated rings. The second kappa shape index (κ2) is 47.7. The van der Waals surface area contributed by atoms with Crippen molar-refractivity contribution in [2.24, 2.45) is 0 Å². The first-order chi connectivity index (χ1) is 65.3. The van der Waals surface area contributed by atoms with Crippen molar-refractivity contribution in [3.05, 3.63) is 251 Å². The van der Waals surface area contributed by atoms with Gasteiger partial charge in [-0.25, -0.2) is 19.9 Å². The third-order valence-electron chi connectivity index (χ3n) is 21.6. The summed E-state index contributed by atoms with van der Waals surface area (Å²) in [6.45, 7) is 10.1. The molecule has 0 unspecified atom stereocenters. The predicted octanol–water partition coefficient (Wildman–Crippen LogP) is 18.1. The Morgan fingerprint density at radius 2 is 0.432 bits per heavy atom. The maximum absolute atomic E-state index is 6.42. The molecule has 4 N–H and O–H groups in total. The smallest absolute Gasteiger partial charge is 0.120 e. The molecule has 16 bridgehead atoms. The van der Waals surface area contributed by atoms with E-state index in [9.17, 15) is 0 Å². The molecule has 4 aliphatic rings. The summed E-state index contributed by atoms with van der Waals surface area (Å²) in [7, 11) is 6.59. The minimum atomic E-state index is 0.306. The molecule has 0 saturated carbocycles. The van der Waals surface area contributed by atoms with Gasteiger partial charge in [0.05, 0.1) is 200 Å². The molecule has 4 aliphatic heterocycles. The van der Waals surface area contributed by atoms with Gasteiger partial charge in [-0.05, 0) is 227 Å². The van der Waals surface area contributed by atoms with Crippen LogP contribution in [0.2, 0.25) is 0 Å². The van der Waals surface area contributed by atoms with Gasteiger partial charge in [0.15, 0.2) is 0 Å². The minimum Gasteiger partial charge on any atom is -0.491 e. The van der Waals surface area contributed by atoms with E-state index in [1.165, 1.54) is 0 Å². The van der Waals surface area contributed by atoms with Crippen LogP contribution in [-0.4, -0.2) is 237 Å². The zero-order chi connectivity index (χ0) is 90.1. The van der Waals surface area contributed by atoms with E-state index in [1.54, 1.807) is 53.2 Å². The minimum absolute atomic E-state index is 0.306. The highest BCUT2D eigenvalue weighted by Crippen LogP contribution is 2.42. The Labute approximate surface area is 766 Å². The first-order valence-electron chi connectivity index (χ1n) is 44.0. The van der Waals surface area contributed by atoms with Crippen molar-refractivity contribution in [1.29, 1.82) is 0 Å². The van der Waals surface area contributed by atoms with Gasteiger partial charge in [0, 0.05) is 120 Å². The van der Waals surface area contributed by atoms with Crippen LogP contribution in [0.5, 0.6) is 23.0 Å². The molecule has 8 aromatic heterocycles. The average Bonchev–Trinajstić information content (AvgIpc) is 1.62. The number of rotatable bonds is 46. The molecule has 0 radical (unpaired) electrons. The van der Waals surface area contributed by atoms with E-state index in [4.69, 9.17) is 95.7 Å². The average molecular weight is 1770 g/mol. The van der Waals surface area contributed by atoms with Crippen molar-refractivity contribution in [2.75, 3.05) is 187 Å². The van der Waals surface area contributed by atoms with Gasteiger partial charge in [-0.15, -0.1) is 0 Å². The summed E-state index contributed by atoms with van der Waals surface area (Å²) in [6.07, 6.45) is 23.4. The van der Waals surface area contributed by atoms with Gasteiger partial charge in [-0.2, -0.15) is 0 Å². The van der Waals surface area contributed by atoms with Crippen molar-refractivity contribution in [2.45, 2.75) is 0 Å². The Balaban J connectivity index is 0.867. The largest absolute Gasteiger partial charge is 0.491 e. The van der Waals surface area contributed by atoms with Crippen LogP contribution in [0.25, 0.3) is 160 Å². The number of nitrogens with one attached hydrogen (secondary N) is 4. The summed E-state index contributed by atoms with van der Waals surface area (Å²) >= 11 is 0. The molecule has 12 aromatic rings. The van der Waals surface area contributed by atoms with Crippen LogP contribution in [0.4, 0.5) is 0 Å². The Kier molecular flexibility index (Phi) is 33.1. The van der Waals surface area contributed by atoms with Gasteiger partial charge in [-0.3, -0.25) is 9.97 Å². The summed E-state index contributed by atoms with van der Waals surface area (Å²) in [6, 6.07) is 56.5. The molecule has 674 valence electrons. The van der Waals surface area contributed by atoms with Crippen LogP contribution in [0.15, 0.2) is 195 Å². The van der Waals surface area contributed by atoms with Crippen LogP contribution in [0.1, 0.15) is 56.7 Å². The number of H-pyrrole nitrogens is 4. The lowest BCUT2D eigenvalue weighted by Crippen LogP contribution is -2.12. The number of aromatic amines is 4. The van der Waals surface area contributed by atoms with E-state index in [1.807, 2.05) is 133 Å². The van der Waals surface area contributed by atoms with Gasteiger partial charge < -0.3 is 95.7 Å². The highest BCUT2D eigenvalue weighted by molar-refractivity contribution is 6.01. The normalized spacial score (nSPS) is 11.9. The summed E-state index contributed by atoms with van der Waals surface area (Å²) in [5, 5.41) is 0. The van der Waals surface area contributed by atoms with Gasteiger partial charge >= 0.3 is 0 Å². The Bertz CT molecular complexity index is 6060. The first kappa shape index (κ1) is 91.5. The van der Waals surface area contributed by atoms with Crippen molar-refractivity contribution in [1.82, 2.24) is 49.8 Å². The van der Waals surface area contributed by atoms with E-state index in [-0.39, 0.29) is 0 Å². The molecular weight excluding hydrogens is 1670 g/mol. The number of benzene rings is 4. The number of ether oxygens (including phenoxy) is 16. The van der Waals surface area contributed by atoms with Gasteiger partial charge in [0.2, 0.25) is 0 Å². The van der Waals surface area contributed by atoms with E-state index in [0.29, 0.717) is 238 Å². The van der Waals surface area contributed by atoms with Gasteiger partial charge in [-0.1, -0.05) is 48.5 Å². The molecule has 26 nitrogen and oxygen atoms in total. The summed E-state index contributed by atoms with van der Waals surface area (Å²) in [5.41, 5.74) is 22.5. The van der Waals surface area contributed by atoms with Gasteiger partial charge in [0.25, 0.3) is 0 Å². The van der Waals surface area contributed by atoms with Crippen LogP contribution in [-0.2, 0) is 56.8 Å². The van der Waals surface area contributed by atoms with E-state index < -0.39 is 0 Å². The fourth-order valence-corrected chi connectivity index (χ4v) is 15.4. The Morgan fingerprint density at radius 1 is 0.220 bits per heavy atom. The third kappa shape index (κ3) is 24.1. The van der Waals surface area contributed by atoms with Crippen LogP contribution >= 0.6 is 0 Å². The van der Waals surface area contributed by atoms with Crippen LogP contribution in [0.3, 0.4) is 0 Å². The molecule has 4 aromatic carbocycles. The maximum atomic E-state index is 6.42. The SMILES string of the molecule is COCCOCCOCCOc1cccc(-c2c3nc(c(-c4ccncc4)c4ccc([nH]4)c(-c4cccc(OCCOCCOCCOC)c4)c4nc(c(C#CC#Cc5c6nc(c(-c7cccc(OCCOCCOCCOC)c7)c7ccc([nH]7)c(-c7ccncc7)c7nc(c(-c8cccc(OCCOCCOCCOC)c8)c8ccc5[nH]8)C=C7)C=C6)c5ccc2[nH]5)C=C4)C=C3)c1. The number of hydrogen-bond donors (Lipinski definition) is 4. The number of methoxy groups -OCH3 is 4. The van der Waals surface area contributed by atoms with Crippen molar-refractivity contribution in [3.8, 4) is 113 Å². The standard InChI is InChI=1S/C106H104N10O16/c1-117-45-49-121-53-57-125-61-65-129-79-15-7-11-75(69-79)103-93-25-21-85(109-93)83(86-22-26-94(110-86)104(76-12-8-16-80(70-76)130-66-62-126-58-54-122-50-46-118-2)98-34-30-90(114-98)101(73-37-41-107-42-38-73)89-29-33-97(103)113-89)19-5-6-20-84-87-23-27-95(111-87)105(77-13-9-17-81(71-77)131-67-63-127-59-55-123-51-47-119-3)99-35-31-91(115-99)102(74-39-43-108-44-40-74)92-32-36-100(116-92)106(96-28-24-88(84)112-96)78-14-10-18-82(72-78)132-68-64-128-60-56-124-52-48-120-4/h7-18,21-44,69-72,109,111,114,116H,45-68H2,1-4H3. The number of fused-ring (bicyclic) bond motifs is 16. The quantitative estimate of drug-likeness (QED) is 0.0204. The highest BCUT2D eigenvalue weighted by atomic mass is 16.6. The molecule has 0 aliphatic carbocycles. The second-order valence-electron chi connectivity index (χ2n) is 30.4. The molecule has 26 heteroatoms. The number of aromatic nitrogens is 10. The number of pyridine rings is 2. The van der Waals surface area contributed by atoms with E-state index in [0.717, 1.165) is 111 Å². The first-order valence-corrected chi connectivity index (χ1v) is 44.0. The zero-order valence-electron chi connectivity index (χ0n) is 74.3. The summed E-state index contributed by atoms with van der Waals surface area (Å²) < 4.78 is 92.4. The fraction of sp³-hybridized carbons (Fsp3) is 0.264. The molecule has 0 saturated heterocycles. The lowest BCUT2D eigenvalue weighted by atomic mass is 10.0. The maximum Gasteiger partial charge on any atom is 0.120 e. The summed E-state index contributed by atoms with van der Waals surface area (Å²) in [5.74, 6) is 16.5. The van der Waals surface area contributed by atoms with E-state index in [2.05, 4.69) is 139 Å². The van der Waals surface area contributed by atoms with Gasteiger partial charge in [0.1, 0.15) is 49.4 Å². The molecule has 0 spiro atoms.